The maximum absolute atomic E-state index is 11.4. The molecule has 6 heteroatoms. The summed E-state index contributed by atoms with van der Waals surface area (Å²) in [5.74, 6) is 0. The van der Waals surface area contributed by atoms with Gasteiger partial charge in [-0.1, -0.05) is 97.3 Å². The quantitative estimate of drug-likeness (QED) is 0.212. The summed E-state index contributed by atoms with van der Waals surface area (Å²) < 4.78 is 34.3. The molecule has 1 N–H and O–H groups in total. The molecule has 0 aromatic carbocycles. The van der Waals surface area contributed by atoms with E-state index < -0.39 is 21.5 Å². The molecule has 0 spiro atoms. The Morgan fingerprint density at radius 3 is 1.54 bits per heavy atom. The van der Waals surface area contributed by atoms with Crippen LogP contribution in [0.15, 0.2) is 0 Å². The molecule has 0 fully saturated rings. The first-order valence-corrected chi connectivity index (χ1v) is 12.0. The van der Waals surface area contributed by atoms with Gasteiger partial charge in [-0.25, -0.2) is 8.42 Å². The molecule has 0 aliphatic carbocycles. The Bertz CT molecular complexity index is 387. The van der Waals surface area contributed by atoms with Gasteiger partial charge in [0.25, 0.3) is 0 Å². The van der Waals surface area contributed by atoms with E-state index in [0.29, 0.717) is 12.8 Å². The molecule has 0 rings (SSSR count). The van der Waals surface area contributed by atoms with Gasteiger partial charge in [-0.05, 0) is 19.3 Å². The predicted molar refractivity (Wildman–Crippen MR) is 105 cm³/mol. The first-order valence-electron chi connectivity index (χ1n) is 10.5. The zero-order valence-corrected chi connectivity index (χ0v) is 21.5. The Labute approximate surface area is 205 Å². The Morgan fingerprint density at radius 1 is 0.731 bits per heavy atom. The molecule has 0 saturated carbocycles. The Kier molecular flexibility index (Phi) is 22.6. The molecule has 26 heavy (non-hydrogen) atoms. The van der Waals surface area contributed by atoms with Gasteiger partial charge in [-0.15, -0.1) is 0 Å². The average Bonchev–Trinajstić information content (AvgIpc) is 2.55. The van der Waals surface area contributed by atoms with E-state index in [4.69, 9.17) is 0 Å². The molecule has 0 saturated heterocycles. The predicted octanol–water partition coefficient (Wildman–Crippen LogP) is 2.55. The van der Waals surface area contributed by atoms with Crippen LogP contribution >= 0.6 is 0 Å². The Hall–Kier alpha value is 1.51. The molecule has 0 aliphatic heterocycles. The fourth-order valence-corrected chi connectivity index (χ4v) is 4.20. The summed E-state index contributed by atoms with van der Waals surface area (Å²) in [7, 11) is -4.31. The smallest absolute Gasteiger partial charge is 0.748 e. The minimum Gasteiger partial charge on any atom is -0.748 e. The van der Waals surface area contributed by atoms with Gasteiger partial charge in [-0.2, -0.15) is 0 Å². The fraction of sp³-hybridized carbons (Fsp3) is 1.00. The van der Waals surface area contributed by atoms with Crippen LogP contribution in [0.5, 0.6) is 0 Å². The standard InChI is InChI=1S/C20H42O4S.K/c1-3-5-7-9-11-12-14-16-19(21)18-20(25(22,23)24)17-15-13-10-8-6-4-2;/h19-21H,3-18H2,1-2H3,(H,22,23,24);/q;+1/p-1. The minimum atomic E-state index is -4.31. The number of hydrogen-bond donors (Lipinski definition) is 1. The van der Waals surface area contributed by atoms with Crippen LogP contribution < -0.4 is 51.4 Å². The molecule has 0 aromatic heterocycles. The van der Waals surface area contributed by atoms with Gasteiger partial charge in [-0.3, -0.25) is 0 Å². The topological polar surface area (TPSA) is 77.4 Å². The van der Waals surface area contributed by atoms with Crippen LogP contribution in [0.25, 0.3) is 0 Å². The molecular weight excluding hydrogens is 375 g/mol. The summed E-state index contributed by atoms with van der Waals surface area (Å²) in [5.41, 5.74) is 0. The molecule has 152 valence electrons. The summed E-state index contributed by atoms with van der Waals surface area (Å²) in [5, 5.41) is 9.17. The summed E-state index contributed by atoms with van der Waals surface area (Å²) in [6.07, 6.45) is 15.0. The third-order valence-corrected chi connectivity index (χ3v) is 6.21. The van der Waals surface area contributed by atoms with Crippen molar-refractivity contribution < 1.29 is 69.5 Å². The van der Waals surface area contributed by atoms with Crippen molar-refractivity contribution in [2.45, 2.75) is 128 Å². The Morgan fingerprint density at radius 2 is 1.12 bits per heavy atom. The van der Waals surface area contributed by atoms with Gasteiger partial charge in [0, 0.05) is 0 Å². The number of unbranched alkanes of at least 4 members (excludes halogenated alkanes) is 11. The zero-order valence-electron chi connectivity index (χ0n) is 17.5. The molecule has 4 nitrogen and oxygen atoms in total. The van der Waals surface area contributed by atoms with Crippen molar-refractivity contribution in [1.29, 1.82) is 0 Å². The third-order valence-electron chi connectivity index (χ3n) is 4.96. The normalized spacial score (nSPS) is 14.0. The van der Waals surface area contributed by atoms with E-state index >= 15 is 0 Å². The van der Waals surface area contributed by atoms with Gasteiger partial charge < -0.3 is 9.66 Å². The summed E-state index contributed by atoms with van der Waals surface area (Å²) >= 11 is 0. The second-order valence-electron chi connectivity index (χ2n) is 7.47. The van der Waals surface area contributed by atoms with Crippen LogP contribution in [0.1, 0.15) is 117 Å². The maximum atomic E-state index is 11.4. The van der Waals surface area contributed by atoms with Crippen LogP contribution in [0.2, 0.25) is 0 Å². The summed E-state index contributed by atoms with van der Waals surface area (Å²) in [4.78, 5) is 0. The largest absolute Gasteiger partial charge is 1.00 e. The molecule has 0 heterocycles. The van der Waals surface area contributed by atoms with Crippen molar-refractivity contribution >= 4 is 10.1 Å². The van der Waals surface area contributed by atoms with E-state index in [1.165, 1.54) is 51.4 Å². The molecule has 0 radical (unpaired) electrons. The van der Waals surface area contributed by atoms with E-state index in [-0.39, 0.29) is 57.8 Å². The summed E-state index contributed by atoms with van der Waals surface area (Å²) in [6.45, 7) is 4.36. The van der Waals surface area contributed by atoms with Crippen LogP contribution in [0.4, 0.5) is 0 Å². The van der Waals surface area contributed by atoms with Crippen LogP contribution in [-0.4, -0.2) is 29.4 Å². The van der Waals surface area contributed by atoms with E-state index in [1.54, 1.807) is 0 Å². The molecule has 0 amide bonds. The molecule has 0 bridgehead atoms. The van der Waals surface area contributed by atoms with Gasteiger partial charge in [0.1, 0.15) is 0 Å². The average molecular weight is 417 g/mol. The zero-order chi connectivity index (χ0) is 19.0. The van der Waals surface area contributed by atoms with Gasteiger partial charge in [0.15, 0.2) is 0 Å². The monoisotopic (exact) mass is 416 g/mol. The van der Waals surface area contributed by atoms with Crippen LogP contribution in [0, 0.1) is 0 Å². The van der Waals surface area contributed by atoms with E-state index in [1.807, 2.05) is 0 Å². The van der Waals surface area contributed by atoms with Crippen LogP contribution in [-0.2, 0) is 10.1 Å². The molecule has 0 aliphatic rings. The minimum absolute atomic E-state index is 0. The fourth-order valence-electron chi connectivity index (χ4n) is 3.29. The number of hydrogen-bond acceptors (Lipinski definition) is 4. The SMILES string of the molecule is CCCCCCCCCC(O)CC(CCCCCCCC)S(=O)(=O)[O-].[K+]. The second kappa shape index (κ2) is 19.8. The van der Waals surface area contributed by atoms with E-state index in [2.05, 4.69) is 13.8 Å². The van der Waals surface area contributed by atoms with E-state index in [0.717, 1.165) is 32.1 Å². The van der Waals surface area contributed by atoms with Crippen molar-refractivity contribution in [1.82, 2.24) is 0 Å². The number of aliphatic hydroxyl groups excluding tert-OH is 1. The number of aliphatic hydroxyl groups is 1. The molecule has 0 aromatic rings. The molecule has 2 unspecified atom stereocenters. The van der Waals surface area contributed by atoms with Crippen molar-refractivity contribution in [3.63, 3.8) is 0 Å². The van der Waals surface area contributed by atoms with Crippen molar-refractivity contribution in [3.8, 4) is 0 Å². The first-order chi connectivity index (χ1) is 11.9. The van der Waals surface area contributed by atoms with Crippen molar-refractivity contribution in [2.75, 3.05) is 0 Å². The first kappa shape index (κ1) is 29.7. The molecule has 2 atom stereocenters. The third kappa shape index (κ3) is 18.9. The second-order valence-corrected chi connectivity index (χ2v) is 9.12. The van der Waals surface area contributed by atoms with Gasteiger partial charge in [0.05, 0.1) is 21.5 Å². The Balaban J connectivity index is 0. The molecular formula is C20H41KO4S. The van der Waals surface area contributed by atoms with E-state index in [9.17, 15) is 18.1 Å². The van der Waals surface area contributed by atoms with Gasteiger partial charge >= 0.3 is 51.4 Å². The number of rotatable bonds is 18. The van der Waals surface area contributed by atoms with Gasteiger partial charge in [0.2, 0.25) is 0 Å². The van der Waals surface area contributed by atoms with Crippen molar-refractivity contribution in [3.05, 3.63) is 0 Å². The maximum Gasteiger partial charge on any atom is 1.00 e. The summed E-state index contributed by atoms with van der Waals surface area (Å²) in [6, 6.07) is 0. The van der Waals surface area contributed by atoms with Crippen LogP contribution in [0.3, 0.4) is 0 Å². The van der Waals surface area contributed by atoms with Crippen molar-refractivity contribution in [2.24, 2.45) is 0 Å².